The van der Waals surface area contributed by atoms with Crippen LogP contribution in [0.15, 0.2) is 29.9 Å². The number of halogens is 2. The second-order valence-electron chi connectivity index (χ2n) is 4.07. The van der Waals surface area contributed by atoms with Crippen LogP contribution in [0.5, 0.6) is 0 Å². The van der Waals surface area contributed by atoms with Gasteiger partial charge in [0.05, 0.1) is 15.2 Å². The zero-order chi connectivity index (χ0) is 13.4. The molecule has 0 radical (unpaired) electrons. The quantitative estimate of drug-likeness (QED) is 0.754. The van der Waals surface area contributed by atoms with Gasteiger partial charge in [0.2, 0.25) is 0 Å². The van der Waals surface area contributed by atoms with Crippen molar-refractivity contribution in [3.05, 3.63) is 46.3 Å². The number of rotatable bonds is 2. The molecule has 3 nitrogen and oxygen atoms in total. The van der Waals surface area contributed by atoms with Gasteiger partial charge in [-0.25, -0.2) is 14.4 Å². The normalized spacial score (nSPS) is 10.9. The number of nitrogens with one attached hydrogen (secondary N) is 1. The summed E-state index contributed by atoms with van der Waals surface area (Å²) < 4.78 is 14.1. The van der Waals surface area contributed by atoms with Gasteiger partial charge in [-0.05, 0) is 36.1 Å². The molecular formula is C13H9ClFN3S. The van der Waals surface area contributed by atoms with Crippen LogP contribution in [-0.2, 0) is 0 Å². The molecule has 0 aliphatic carbocycles. The van der Waals surface area contributed by atoms with Crippen molar-refractivity contribution in [2.45, 2.75) is 6.92 Å². The van der Waals surface area contributed by atoms with Crippen molar-refractivity contribution in [1.82, 2.24) is 9.97 Å². The summed E-state index contributed by atoms with van der Waals surface area (Å²) in [5.41, 5.74) is 2.73. The molecule has 0 saturated heterocycles. The Morgan fingerprint density at radius 3 is 2.95 bits per heavy atom. The molecule has 0 saturated carbocycles. The zero-order valence-corrected chi connectivity index (χ0v) is 11.5. The molecule has 0 fully saturated rings. The Morgan fingerprint density at radius 2 is 2.16 bits per heavy atom. The second-order valence-corrected chi connectivity index (χ2v) is 5.36. The number of hydrogen-bond acceptors (Lipinski definition) is 4. The van der Waals surface area contributed by atoms with E-state index in [9.17, 15) is 4.39 Å². The summed E-state index contributed by atoms with van der Waals surface area (Å²) in [5.74, 6) is 0.262. The van der Waals surface area contributed by atoms with Gasteiger partial charge >= 0.3 is 0 Å². The van der Waals surface area contributed by atoms with E-state index in [-0.39, 0.29) is 5.02 Å². The summed E-state index contributed by atoms with van der Waals surface area (Å²) in [7, 11) is 0. The maximum atomic E-state index is 13.1. The molecule has 0 atom stereocenters. The molecule has 3 aromatic rings. The van der Waals surface area contributed by atoms with E-state index in [0.717, 1.165) is 15.8 Å². The summed E-state index contributed by atoms with van der Waals surface area (Å²) in [4.78, 5) is 8.47. The second kappa shape index (κ2) is 4.75. The third-order valence-corrected chi connectivity index (χ3v) is 4.10. The maximum Gasteiger partial charge on any atom is 0.151 e. The van der Waals surface area contributed by atoms with Gasteiger partial charge in [0.15, 0.2) is 5.82 Å². The Labute approximate surface area is 118 Å². The number of thiophene rings is 1. The molecule has 96 valence electrons. The van der Waals surface area contributed by atoms with Crippen molar-refractivity contribution in [2.24, 2.45) is 0 Å². The molecule has 2 aromatic heterocycles. The molecule has 0 amide bonds. The van der Waals surface area contributed by atoms with Crippen LogP contribution >= 0.6 is 22.9 Å². The fourth-order valence-electron chi connectivity index (χ4n) is 1.77. The third kappa shape index (κ3) is 2.27. The van der Waals surface area contributed by atoms with Crippen molar-refractivity contribution < 1.29 is 4.39 Å². The van der Waals surface area contributed by atoms with E-state index < -0.39 is 5.82 Å². The van der Waals surface area contributed by atoms with Gasteiger partial charge in [-0.2, -0.15) is 0 Å². The number of anilines is 2. The van der Waals surface area contributed by atoms with Gasteiger partial charge in [-0.1, -0.05) is 11.6 Å². The highest BCUT2D eigenvalue weighted by atomic mass is 35.5. The van der Waals surface area contributed by atoms with Gasteiger partial charge in [0.25, 0.3) is 0 Å². The fourth-order valence-corrected chi connectivity index (χ4v) is 2.90. The van der Waals surface area contributed by atoms with Crippen molar-refractivity contribution in [3.63, 3.8) is 0 Å². The molecule has 6 heteroatoms. The lowest BCUT2D eigenvalue weighted by Crippen LogP contribution is -1.95. The number of fused-ring (bicyclic) bond motifs is 1. The molecule has 0 bridgehead atoms. The van der Waals surface area contributed by atoms with Crippen LogP contribution in [0, 0.1) is 12.7 Å². The van der Waals surface area contributed by atoms with Crippen LogP contribution < -0.4 is 5.32 Å². The van der Waals surface area contributed by atoms with Gasteiger partial charge in [0, 0.05) is 5.69 Å². The van der Waals surface area contributed by atoms with Crippen LogP contribution in [0.1, 0.15) is 5.56 Å². The van der Waals surface area contributed by atoms with Crippen molar-refractivity contribution in [2.75, 3.05) is 5.32 Å². The number of benzene rings is 1. The first-order valence-electron chi connectivity index (χ1n) is 5.56. The van der Waals surface area contributed by atoms with E-state index in [1.807, 2.05) is 12.3 Å². The molecule has 19 heavy (non-hydrogen) atoms. The Morgan fingerprint density at radius 1 is 1.32 bits per heavy atom. The average Bonchev–Trinajstić information content (AvgIpc) is 2.77. The summed E-state index contributed by atoms with van der Waals surface area (Å²) in [6.45, 7) is 2.00. The van der Waals surface area contributed by atoms with Gasteiger partial charge in [0.1, 0.15) is 12.1 Å². The van der Waals surface area contributed by atoms with E-state index in [2.05, 4.69) is 15.3 Å². The lowest BCUT2D eigenvalue weighted by molar-refractivity contribution is 0.628. The predicted octanol–water partition coefficient (Wildman–Crippen LogP) is 4.54. The number of hydrogen-bond donors (Lipinski definition) is 1. The lowest BCUT2D eigenvalue weighted by atomic mass is 10.3. The minimum atomic E-state index is -0.438. The molecule has 2 heterocycles. The first kappa shape index (κ1) is 12.3. The Hall–Kier alpha value is -1.72. The van der Waals surface area contributed by atoms with E-state index in [1.165, 1.54) is 18.5 Å². The van der Waals surface area contributed by atoms with E-state index in [1.54, 1.807) is 17.4 Å². The van der Waals surface area contributed by atoms with Crippen molar-refractivity contribution in [1.29, 1.82) is 0 Å². The Balaban J connectivity index is 2.03. The minimum Gasteiger partial charge on any atom is -0.339 e. The van der Waals surface area contributed by atoms with E-state index >= 15 is 0 Å². The molecule has 0 unspecified atom stereocenters. The summed E-state index contributed by atoms with van der Waals surface area (Å²) in [5, 5.41) is 5.25. The van der Waals surface area contributed by atoms with Crippen molar-refractivity contribution >= 4 is 44.7 Å². The van der Waals surface area contributed by atoms with E-state index in [0.29, 0.717) is 11.5 Å². The number of aromatic nitrogens is 2. The van der Waals surface area contributed by atoms with Crippen LogP contribution in [0.3, 0.4) is 0 Å². The first-order chi connectivity index (χ1) is 9.15. The molecular weight excluding hydrogens is 285 g/mol. The van der Waals surface area contributed by atoms with Crippen LogP contribution in [0.25, 0.3) is 10.2 Å². The molecule has 3 rings (SSSR count). The average molecular weight is 294 g/mol. The van der Waals surface area contributed by atoms with Crippen LogP contribution in [-0.4, -0.2) is 9.97 Å². The fraction of sp³-hybridized carbons (Fsp3) is 0.0769. The Kier molecular flexibility index (Phi) is 3.08. The number of aryl methyl sites for hydroxylation is 1. The minimum absolute atomic E-state index is 0.0812. The SMILES string of the molecule is Cc1csc2c(Nc3ccc(F)c(Cl)c3)ncnc12. The van der Waals surface area contributed by atoms with Gasteiger partial charge in [-0.3, -0.25) is 0 Å². The van der Waals surface area contributed by atoms with Gasteiger partial charge in [-0.15, -0.1) is 11.3 Å². The molecule has 0 aliphatic rings. The highest BCUT2D eigenvalue weighted by Crippen LogP contribution is 2.31. The summed E-state index contributed by atoms with van der Waals surface area (Å²) >= 11 is 7.33. The molecule has 1 N–H and O–H groups in total. The highest BCUT2D eigenvalue weighted by Gasteiger charge is 2.09. The summed E-state index contributed by atoms with van der Waals surface area (Å²) in [6.07, 6.45) is 1.51. The Bertz CT molecular complexity index is 757. The van der Waals surface area contributed by atoms with Crippen molar-refractivity contribution in [3.8, 4) is 0 Å². The van der Waals surface area contributed by atoms with Crippen LogP contribution in [0.4, 0.5) is 15.9 Å². The summed E-state index contributed by atoms with van der Waals surface area (Å²) in [6, 6.07) is 4.48. The standard InChI is InChI=1S/C13H9ClFN3S/c1-7-5-19-12-11(7)16-6-17-13(12)18-8-2-3-10(15)9(14)4-8/h2-6H,1H3,(H,16,17,18). The molecule has 0 spiro atoms. The zero-order valence-electron chi connectivity index (χ0n) is 9.95. The lowest BCUT2D eigenvalue weighted by Gasteiger charge is -2.07. The maximum absolute atomic E-state index is 13.1. The van der Waals surface area contributed by atoms with E-state index in [4.69, 9.17) is 11.6 Å². The van der Waals surface area contributed by atoms with Gasteiger partial charge < -0.3 is 5.32 Å². The molecule has 1 aromatic carbocycles. The predicted molar refractivity (Wildman–Crippen MR) is 76.8 cm³/mol. The third-order valence-electron chi connectivity index (χ3n) is 2.71. The van der Waals surface area contributed by atoms with Crippen LogP contribution in [0.2, 0.25) is 5.02 Å². The number of nitrogens with zero attached hydrogens (tertiary/aromatic N) is 2. The highest BCUT2D eigenvalue weighted by molar-refractivity contribution is 7.18. The molecule has 0 aliphatic heterocycles. The smallest absolute Gasteiger partial charge is 0.151 e. The largest absolute Gasteiger partial charge is 0.339 e. The monoisotopic (exact) mass is 293 g/mol. The topological polar surface area (TPSA) is 37.8 Å². The first-order valence-corrected chi connectivity index (χ1v) is 6.82.